The number of aromatic nitrogens is 3. The number of methoxy groups -OCH3 is 1. The molecule has 0 spiro atoms. The average molecular weight is 372 g/mol. The van der Waals surface area contributed by atoms with Crippen molar-refractivity contribution >= 4 is 11.9 Å². The van der Waals surface area contributed by atoms with Crippen molar-refractivity contribution in [1.82, 2.24) is 14.8 Å². The van der Waals surface area contributed by atoms with Crippen LogP contribution in [0.3, 0.4) is 0 Å². The zero-order chi connectivity index (χ0) is 19.4. The van der Waals surface area contributed by atoms with E-state index in [2.05, 4.69) is 15.4 Å². The number of esters is 1. The van der Waals surface area contributed by atoms with Gasteiger partial charge in [-0.3, -0.25) is 0 Å². The Morgan fingerprint density at radius 1 is 1.33 bits per heavy atom. The molecule has 0 saturated heterocycles. The van der Waals surface area contributed by atoms with Crippen LogP contribution in [0.25, 0.3) is 0 Å². The smallest absolute Gasteiger partial charge is 0.338 e. The van der Waals surface area contributed by atoms with E-state index in [4.69, 9.17) is 14.2 Å². The summed E-state index contributed by atoms with van der Waals surface area (Å²) in [5, 5.41) is 7.45. The molecular weight excluding hydrogens is 348 g/mol. The van der Waals surface area contributed by atoms with Crippen LogP contribution < -0.4 is 14.8 Å². The number of ether oxygens (including phenoxy) is 3. The van der Waals surface area contributed by atoms with Gasteiger partial charge in [0.05, 0.1) is 25.9 Å². The van der Waals surface area contributed by atoms with Crippen molar-refractivity contribution in [2.75, 3.05) is 25.6 Å². The fourth-order valence-electron chi connectivity index (χ4n) is 3.12. The lowest BCUT2D eigenvalue weighted by atomic mass is 9.94. The predicted octanol–water partition coefficient (Wildman–Crippen LogP) is 2.93. The average Bonchev–Trinajstić information content (AvgIpc) is 3.13. The summed E-state index contributed by atoms with van der Waals surface area (Å²) in [6.07, 6.45) is 2.19. The predicted molar refractivity (Wildman–Crippen MR) is 99.9 cm³/mol. The maximum atomic E-state index is 12.9. The summed E-state index contributed by atoms with van der Waals surface area (Å²) >= 11 is 0. The number of carbonyl (C=O) groups excluding carboxylic acids is 1. The standard InChI is InChI=1S/C19H24N4O4/c1-5-10-27-18(24)15-12(3)22-19-20-11-21-23(19)16(15)13-8-7-9-14(25-4)17(13)26-6-2/h7-9,11,16H,5-6,10H2,1-4H3,(H,20,21,22)/t16-/m0/s1. The number of fused-ring (bicyclic) bond motifs is 1. The highest BCUT2D eigenvalue weighted by Gasteiger charge is 2.36. The highest BCUT2D eigenvalue weighted by Crippen LogP contribution is 2.42. The molecule has 1 atom stereocenters. The minimum absolute atomic E-state index is 0.350. The lowest BCUT2D eigenvalue weighted by Gasteiger charge is -2.29. The molecule has 0 fully saturated rings. The molecule has 0 amide bonds. The Morgan fingerprint density at radius 3 is 2.85 bits per heavy atom. The molecule has 0 aliphatic carbocycles. The second kappa shape index (κ2) is 8.11. The molecule has 0 unspecified atom stereocenters. The molecule has 144 valence electrons. The SMILES string of the molecule is CCCOC(=O)C1=C(C)Nc2ncnn2[C@H]1c1cccc(OC)c1OCC. The number of para-hydroxylation sites is 1. The minimum atomic E-state index is -0.537. The third-order valence-electron chi connectivity index (χ3n) is 4.26. The van der Waals surface area contributed by atoms with Gasteiger partial charge in [-0.05, 0) is 26.3 Å². The number of benzene rings is 1. The van der Waals surface area contributed by atoms with Crippen LogP contribution in [0, 0.1) is 0 Å². The van der Waals surface area contributed by atoms with E-state index in [9.17, 15) is 4.79 Å². The number of hydrogen-bond donors (Lipinski definition) is 1. The Bertz CT molecular complexity index is 859. The van der Waals surface area contributed by atoms with Gasteiger partial charge < -0.3 is 19.5 Å². The second-order valence-electron chi connectivity index (χ2n) is 6.04. The van der Waals surface area contributed by atoms with Crippen molar-refractivity contribution in [1.29, 1.82) is 0 Å². The third kappa shape index (κ3) is 3.47. The molecule has 1 aromatic heterocycles. The van der Waals surface area contributed by atoms with Crippen LogP contribution in [-0.2, 0) is 9.53 Å². The van der Waals surface area contributed by atoms with Crippen molar-refractivity contribution in [3.63, 3.8) is 0 Å². The van der Waals surface area contributed by atoms with E-state index >= 15 is 0 Å². The summed E-state index contributed by atoms with van der Waals surface area (Å²) < 4.78 is 18.4. The van der Waals surface area contributed by atoms with Crippen LogP contribution in [0.15, 0.2) is 35.8 Å². The summed E-state index contributed by atoms with van der Waals surface area (Å²) in [7, 11) is 1.59. The van der Waals surface area contributed by atoms with Gasteiger partial charge in [-0.2, -0.15) is 10.1 Å². The van der Waals surface area contributed by atoms with Crippen LogP contribution in [0.4, 0.5) is 5.95 Å². The Kier molecular flexibility index (Phi) is 5.63. The first-order valence-electron chi connectivity index (χ1n) is 8.96. The van der Waals surface area contributed by atoms with E-state index in [0.717, 1.165) is 12.0 Å². The minimum Gasteiger partial charge on any atom is -0.493 e. The van der Waals surface area contributed by atoms with Crippen LogP contribution in [0.2, 0.25) is 0 Å². The molecule has 8 nitrogen and oxygen atoms in total. The normalized spacial score (nSPS) is 15.8. The van der Waals surface area contributed by atoms with E-state index < -0.39 is 12.0 Å². The zero-order valence-electron chi connectivity index (χ0n) is 16.0. The summed E-state index contributed by atoms with van der Waals surface area (Å²) in [4.78, 5) is 17.1. The lowest BCUT2D eigenvalue weighted by molar-refractivity contribution is -0.139. The Labute approximate surface area is 158 Å². The topological polar surface area (TPSA) is 87.5 Å². The van der Waals surface area contributed by atoms with E-state index in [-0.39, 0.29) is 0 Å². The van der Waals surface area contributed by atoms with Crippen molar-refractivity contribution in [3.05, 3.63) is 41.4 Å². The van der Waals surface area contributed by atoms with Crippen LogP contribution in [-0.4, -0.2) is 41.1 Å². The molecule has 1 N–H and O–H groups in total. The Morgan fingerprint density at radius 2 is 2.15 bits per heavy atom. The maximum absolute atomic E-state index is 12.9. The van der Waals surface area contributed by atoms with Gasteiger partial charge in [-0.15, -0.1) is 0 Å². The van der Waals surface area contributed by atoms with E-state index in [0.29, 0.717) is 41.9 Å². The van der Waals surface area contributed by atoms with Gasteiger partial charge in [-0.25, -0.2) is 9.48 Å². The molecule has 3 rings (SSSR count). The van der Waals surface area contributed by atoms with Crippen LogP contribution in [0.1, 0.15) is 38.8 Å². The molecule has 1 aliphatic heterocycles. The van der Waals surface area contributed by atoms with Gasteiger partial charge in [0.1, 0.15) is 12.4 Å². The molecule has 0 saturated carbocycles. The lowest BCUT2D eigenvalue weighted by Crippen LogP contribution is -2.30. The number of carbonyl (C=O) groups is 1. The zero-order valence-corrected chi connectivity index (χ0v) is 16.0. The maximum Gasteiger partial charge on any atom is 0.338 e. The van der Waals surface area contributed by atoms with Crippen molar-refractivity contribution in [3.8, 4) is 11.5 Å². The number of rotatable bonds is 7. The molecule has 1 aliphatic rings. The van der Waals surface area contributed by atoms with Gasteiger partial charge in [0, 0.05) is 11.3 Å². The van der Waals surface area contributed by atoms with E-state index in [1.54, 1.807) is 11.8 Å². The van der Waals surface area contributed by atoms with Crippen molar-refractivity contribution in [2.45, 2.75) is 33.2 Å². The number of nitrogens with zero attached hydrogens (tertiary/aromatic N) is 3. The van der Waals surface area contributed by atoms with Crippen LogP contribution in [0.5, 0.6) is 11.5 Å². The summed E-state index contributed by atoms with van der Waals surface area (Å²) in [5.74, 6) is 1.32. The molecule has 1 aromatic carbocycles. The highest BCUT2D eigenvalue weighted by atomic mass is 16.5. The van der Waals surface area contributed by atoms with Gasteiger partial charge in [0.25, 0.3) is 0 Å². The number of hydrogen-bond acceptors (Lipinski definition) is 7. The third-order valence-corrected chi connectivity index (χ3v) is 4.26. The molecule has 2 heterocycles. The first-order chi connectivity index (χ1) is 13.1. The van der Waals surface area contributed by atoms with E-state index in [1.807, 2.05) is 39.0 Å². The van der Waals surface area contributed by atoms with Crippen molar-refractivity contribution in [2.24, 2.45) is 0 Å². The quantitative estimate of drug-likeness (QED) is 0.748. The highest BCUT2D eigenvalue weighted by molar-refractivity contribution is 5.92. The first-order valence-corrected chi connectivity index (χ1v) is 8.96. The fraction of sp³-hybridized carbons (Fsp3) is 0.421. The molecule has 0 bridgehead atoms. The number of nitrogens with one attached hydrogen (secondary N) is 1. The number of anilines is 1. The number of allylic oxidation sites excluding steroid dienone is 1. The van der Waals surface area contributed by atoms with Gasteiger partial charge in [-0.1, -0.05) is 19.1 Å². The van der Waals surface area contributed by atoms with Crippen LogP contribution >= 0.6 is 0 Å². The Hall–Kier alpha value is -3.03. The monoisotopic (exact) mass is 372 g/mol. The van der Waals surface area contributed by atoms with E-state index in [1.165, 1.54) is 6.33 Å². The van der Waals surface area contributed by atoms with Gasteiger partial charge in [0.15, 0.2) is 11.5 Å². The molecule has 0 radical (unpaired) electrons. The first kappa shape index (κ1) is 18.8. The molecule has 2 aromatic rings. The molecular formula is C19H24N4O4. The fourth-order valence-corrected chi connectivity index (χ4v) is 3.12. The molecule has 27 heavy (non-hydrogen) atoms. The summed E-state index contributed by atoms with van der Waals surface area (Å²) in [6.45, 7) is 6.49. The van der Waals surface area contributed by atoms with Gasteiger partial charge in [0.2, 0.25) is 5.95 Å². The largest absolute Gasteiger partial charge is 0.493 e. The summed E-state index contributed by atoms with van der Waals surface area (Å²) in [5.41, 5.74) is 1.90. The van der Waals surface area contributed by atoms with Gasteiger partial charge >= 0.3 is 5.97 Å². The Balaban J connectivity index is 2.17. The van der Waals surface area contributed by atoms with Crippen molar-refractivity contribution < 1.29 is 19.0 Å². The second-order valence-corrected chi connectivity index (χ2v) is 6.04. The molecule has 8 heteroatoms. The summed E-state index contributed by atoms with van der Waals surface area (Å²) in [6, 6.07) is 5.04.